The van der Waals surface area contributed by atoms with Crippen molar-refractivity contribution in [2.24, 2.45) is 5.92 Å². The molecule has 3 nitrogen and oxygen atoms in total. The number of benzene rings is 1. The predicted molar refractivity (Wildman–Crippen MR) is 72.9 cm³/mol. The molecular weight excluding hydrogens is 246 g/mol. The van der Waals surface area contributed by atoms with Crippen molar-refractivity contribution in [3.05, 3.63) is 35.2 Å². The number of likely N-dealkylation sites (tertiary alicyclic amines) is 1. The summed E-state index contributed by atoms with van der Waals surface area (Å²) in [5.41, 5.74) is 0. The fourth-order valence-electron chi connectivity index (χ4n) is 2.41. The third kappa shape index (κ3) is 2.02. The highest BCUT2D eigenvalue weighted by atomic mass is 32.1. The van der Waals surface area contributed by atoms with Crippen molar-refractivity contribution in [3.63, 3.8) is 0 Å². The SMILES string of the molecule is O=C(c1cc2ccccc2s1)N1CCC(CO)C1. The van der Waals surface area contributed by atoms with E-state index in [0.29, 0.717) is 6.54 Å². The maximum atomic E-state index is 12.3. The van der Waals surface area contributed by atoms with Crippen LogP contribution in [0.1, 0.15) is 16.1 Å². The molecule has 0 spiro atoms. The summed E-state index contributed by atoms with van der Waals surface area (Å²) in [7, 11) is 0. The number of nitrogens with zero attached hydrogens (tertiary/aromatic N) is 1. The van der Waals surface area contributed by atoms with Crippen LogP contribution in [-0.2, 0) is 0 Å². The quantitative estimate of drug-likeness (QED) is 0.901. The van der Waals surface area contributed by atoms with Crippen LogP contribution in [0.2, 0.25) is 0 Å². The van der Waals surface area contributed by atoms with Gasteiger partial charge in [0, 0.05) is 30.3 Å². The first kappa shape index (κ1) is 11.7. The van der Waals surface area contributed by atoms with E-state index in [0.717, 1.165) is 27.9 Å². The number of amides is 1. The molecule has 1 fully saturated rings. The number of hydrogen-bond donors (Lipinski definition) is 1. The maximum Gasteiger partial charge on any atom is 0.263 e. The fraction of sp³-hybridized carbons (Fsp3) is 0.357. The molecule has 2 aromatic rings. The van der Waals surface area contributed by atoms with E-state index < -0.39 is 0 Å². The lowest BCUT2D eigenvalue weighted by atomic mass is 10.1. The first-order chi connectivity index (χ1) is 8.78. The van der Waals surface area contributed by atoms with Gasteiger partial charge in [-0.15, -0.1) is 11.3 Å². The van der Waals surface area contributed by atoms with Gasteiger partial charge in [-0.3, -0.25) is 4.79 Å². The van der Waals surface area contributed by atoms with Crippen LogP contribution in [0.3, 0.4) is 0 Å². The zero-order chi connectivity index (χ0) is 12.5. The average molecular weight is 261 g/mol. The Bertz CT molecular complexity index is 545. The highest BCUT2D eigenvalue weighted by molar-refractivity contribution is 7.20. The van der Waals surface area contributed by atoms with E-state index in [1.165, 1.54) is 0 Å². The number of aliphatic hydroxyl groups is 1. The Hall–Kier alpha value is -1.39. The second-order valence-corrected chi connectivity index (χ2v) is 5.82. The summed E-state index contributed by atoms with van der Waals surface area (Å²) in [6, 6.07) is 10.0. The highest BCUT2D eigenvalue weighted by Gasteiger charge is 2.27. The number of carbonyl (C=O) groups excluding carboxylic acids is 1. The Morgan fingerprint density at radius 1 is 1.44 bits per heavy atom. The average Bonchev–Trinajstić information content (AvgIpc) is 3.04. The van der Waals surface area contributed by atoms with Crippen LogP contribution in [0.4, 0.5) is 0 Å². The van der Waals surface area contributed by atoms with Gasteiger partial charge in [-0.2, -0.15) is 0 Å². The van der Waals surface area contributed by atoms with E-state index in [4.69, 9.17) is 5.11 Å². The molecule has 1 aromatic carbocycles. The minimum Gasteiger partial charge on any atom is -0.396 e. The first-order valence-corrected chi connectivity index (χ1v) is 6.98. The Balaban J connectivity index is 1.84. The van der Waals surface area contributed by atoms with E-state index in [1.807, 2.05) is 35.2 Å². The van der Waals surface area contributed by atoms with Gasteiger partial charge >= 0.3 is 0 Å². The molecule has 4 heteroatoms. The van der Waals surface area contributed by atoms with Crippen molar-refractivity contribution in [2.75, 3.05) is 19.7 Å². The van der Waals surface area contributed by atoms with E-state index >= 15 is 0 Å². The molecule has 1 aliphatic rings. The molecule has 1 aliphatic heterocycles. The number of rotatable bonds is 2. The van der Waals surface area contributed by atoms with Crippen LogP contribution in [0.15, 0.2) is 30.3 Å². The van der Waals surface area contributed by atoms with Gasteiger partial charge in [-0.25, -0.2) is 0 Å². The van der Waals surface area contributed by atoms with Crippen LogP contribution in [0.25, 0.3) is 10.1 Å². The van der Waals surface area contributed by atoms with Gasteiger partial charge in [0.1, 0.15) is 0 Å². The lowest BCUT2D eigenvalue weighted by Crippen LogP contribution is -2.28. The molecule has 0 aliphatic carbocycles. The second-order valence-electron chi connectivity index (χ2n) is 4.74. The van der Waals surface area contributed by atoms with Crippen molar-refractivity contribution in [2.45, 2.75) is 6.42 Å². The predicted octanol–water partition coefficient (Wildman–Crippen LogP) is 2.36. The van der Waals surface area contributed by atoms with Gasteiger partial charge < -0.3 is 10.0 Å². The molecule has 1 saturated heterocycles. The Morgan fingerprint density at radius 3 is 3.00 bits per heavy atom. The smallest absolute Gasteiger partial charge is 0.263 e. The summed E-state index contributed by atoms with van der Waals surface area (Å²) in [6.45, 7) is 1.62. The first-order valence-electron chi connectivity index (χ1n) is 6.16. The minimum absolute atomic E-state index is 0.104. The molecule has 0 bridgehead atoms. The lowest BCUT2D eigenvalue weighted by Gasteiger charge is -2.14. The summed E-state index contributed by atoms with van der Waals surface area (Å²) in [6.07, 6.45) is 0.910. The van der Waals surface area contributed by atoms with Crippen LogP contribution < -0.4 is 0 Å². The van der Waals surface area contributed by atoms with Crippen molar-refractivity contribution >= 4 is 27.3 Å². The zero-order valence-corrected chi connectivity index (χ0v) is 10.8. The van der Waals surface area contributed by atoms with E-state index in [2.05, 4.69) is 0 Å². The van der Waals surface area contributed by atoms with E-state index in [-0.39, 0.29) is 18.4 Å². The third-order valence-corrected chi connectivity index (χ3v) is 4.57. The monoisotopic (exact) mass is 261 g/mol. The van der Waals surface area contributed by atoms with Crippen LogP contribution >= 0.6 is 11.3 Å². The topological polar surface area (TPSA) is 40.5 Å². The highest BCUT2D eigenvalue weighted by Crippen LogP contribution is 2.27. The van der Waals surface area contributed by atoms with Crippen molar-refractivity contribution < 1.29 is 9.90 Å². The van der Waals surface area contributed by atoms with Crippen LogP contribution in [0, 0.1) is 5.92 Å². The standard InChI is InChI=1S/C14H15NO2S/c16-9-10-5-6-15(8-10)14(17)13-7-11-3-1-2-4-12(11)18-13/h1-4,7,10,16H,5-6,8-9H2. The summed E-state index contributed by atoms with van der Waals surface area (Å²) in [4.78, 5) is 15.0. The van der Waals surface area contributed by atoms with Crippen LogP contribution in [0.5, 0.6) is 0 Å². The summed E-state index contributed by atoms with van der Waals surface area (Å²) in [5.74, 6) is 0.357. The van der Waals surface area contributed by atoms with Crippen LogP contribution in [-0.4, -0.2) is 35.6 Å². The zero-order valence-electron chi connectivity index (χ0n) is 10.0. The third-order valence-electron chi connectivity index (χ3n) is 3.47. The molecule has 1 unspecified atom stereocenters. The minimum atomic E-state index is 0.104. The normalized spacial score (nSPS) is 19.6. The molecule has 94 valence electrons. The number of thiophene rings is 1. The Labute approximate surface area is 110 Å². The molecule has 1 amide bonds. The summed E-state index contributed by atoms with van der Waals surface area (Å²) >= 11 is 1.55. The van der Waals surface area contributed by atoms with Gasteiger partial charge in [0.2, 0.25) is 0 Å². The van der Waals surface area contributed by atoms with Gasteiger partial charge in [-0.05, 0) is 23.9 Å². The molecule has 3 rings (SSSR count). The summed E-state index contributed by atoms with van der Waals surface area (Å²) in [5, 5.41) is 10.2. The Morgan fingerprint density at radius 2 is 2.28 bits per heavy atom. The van der Waals surface area contributed by atoms with Crippen molar-refractivity contribution in [3.8, 4) is 0 Å². The van der Waals surface area contributed by atoms with E-state index in [1.54, 1.807) is 11.3 Å². The molecule has 1 N–H and O–H groups in total. The van der Waals surface area contributed by atoms with Gasteiger partial charge in [0.05, 0.1) is 4.88 Å². The van der Waals surface area contributed by atoms with Gasteiger partial charge in [-0.1, -0.05) is 18.2 Å². The maximum absolute atomic E-state index is 12.3. The molecule has 0 radical (unpaired) electrons. The summed E-state index contributed by atoms with van der Waals surface area (Å²) < 4.78 is 1.15. The molecule has 0 saturated carbocycles. The number of hydrogen-bond acceptors (Lipinski definition) is 3. The molecule has 18 heavy (non-hydrogen) atoms. The second kappa shape index (κ2) is 4.71. The molecule has 1 aromatic heterocycles. The Kier molecular flexibility index (Phi) is 3.06. The van der Waals surface area contributed by atoms with E-state index in [9.17, 15) is 4.79 Å². The number of fused-ring (bicyclic) bond motifs is 1. The van der Waals surface area contributed by atoms with Gasteiger partial charge in [0.15, 0.2) is 0 Å². The fourth-order valence-corrected chi connectivity index (χ4v) is 3.44. The largest absolute Gasteiger partial charge is 0.396 e. The van der Waals surface area contributed by atoms with Crippen molar-refractivity contribution in [1.29, 1.82) is 0 Å². The molecule has 2 heterocycles. The van der Waals surface area contributed by atoms with Gasteiger partial charge in [0.25, 0.3) is 5.91 Å². The number of carbonyl (C=O) groups is 1. The molecular formula is C14H15NO2S. The van der Waals surface area contributed by atoms with Crippen molar-refractivity contribution in [1.82, 2.24) is 4.90 Å². The molecule has 1 atom stereocenters. The number of aliphatic hydroxyl groups excluding tert-OH is 1. The lowest BCUT2D eigenvalue weighted by molar-refractivity contribution is 0.0786.